The molecule has 0 aromatic heterocycles. The molecule has 0 radical (unpaired) electrons. The number of carbonyl (C=O) groups is 2. The maximum atomic E-state index is 12.4. The largest absolute Gasteiger partial charge is 0.550 e. The Morgan fingerprint density at radius 3 is 2.61 bits per heavy atom. The third-order valence-electron chi connectivity index (χ3n) is 3.51. The summed E-state index contributed by atoms with van der Waals surface area (Å²) in [5, 5.41) is 10.4. The Bertz CT molecular complexity index is 638. The minimum atomic E-state index is -1.03. The monoisotopic (exact) mass is 348 g/mol. The molecule has 0 saturated carbocycles. The van der Waals surface area contributed by atoms with E-state index in [0.29, 0.717) is 22.2 Å². The number of aryl methyl sites for hydroxylation is 1. The van der Waals surface area contributed by atoms with Crippen LogP contribution in [-0.2, 0) is 9.59 Å². The summed E-state index contributed by atoms with van der Waals surface area (Å²) in [5.74, 6) is -1.10. The highest BCUT2D eigenvalue weighted by Gasteiger charge is 2.31. The van der Waals surface area contributed by atoms with Gasteiger partial charge in [-0.1, -0.05) is 60.2 Å². The van der Waals surface area contributed by atoms with Gasteiger partial charge in [-0.25, -0.2) is 0 Å². The molecule has 0 spiro atoms. The molecule has 0 aliphatic carbocycles. The van der Waals surface area contributed by atoms with Crippen molar-refractivity contribution in [3.8, 4) is 0 Å². The highest BCUT2D eigenvalue weighted by molar-refractivity contribution is 8.26. The molecule has 0 unspecified atom stereocenters. The molecule has 1 amide bonds. The lowest BCUT2D eigenvalue weighted by molar-refractivity contribution is -0.305. The van der Waals surface area contributed by atoms with Gasteiger partial charge in [-0.2, -0.15) is 0 Å². The van der Waals surface area contributed by atoms with Crippen molar-refractivity contribution in [1.29, 1.82) is 0 Å². The molecule has 1 aliphatic heterocycles. The number of carbonyl (C=O) groups excluding carboxylic acids is 2. The van der Waals surface area contributed by atoms with Crippen LogP contribution in [-0.4, -0.2) is 27.6 Å². The van der Waals surface area contributed by atoms with E-state index in [0.717, 1.165) is 18.4 Å². The highest BCUT2D eigenvalue weighted by atomic mass is 32.2. The first-order chi connectivity index (χ1) is 11.0. The summed E-state index contributed by atoms with van der Waals surface area (Å²) in [5.41, 5.74) is 2.15. The molecule has 0 N–H and O–H groups in total. The number of amides is 1. The third-order valence-corrected chi connectivity index (χ3v) is 4.89. The van der Waals surface area contributed by atoms with E-state index in [1.165, 1.54) is 17.3 Å². The molecule has 0 atom stereocenters. The number of thioether (sulfide) groups is 1. The Labute approximate surface area is 145 Å². The zero-order valence-corrected chi connectivity index (χ0v) is 14.5. The average molecular weight is 348 g/mol. The van der Waals surface area contributed by atoms with Gasteiger partial charge in [-0.3, -0.25) is 9.69 Å². The van der Waals surface area contributed by atoms with Gasteiger partial charge < -0.3 is 9.90 Å². The molecule has 4 nitrogen and oxygen atoms in total. The summed E-state index contributed by atoms with van der Waals surface area (Å²) in [6, 6.07) is 7.96. The minimum absolute atomic E-state index is 0.0612. The van der Waals surface area contributed by atoms with Crippen LogP contribution in [0.2, 0.25) is 0 Å². The molecule has 6 heteroatoms. The van der Waals surface area contributed by atoms with Crippen molar-refractivity contribution in [3.05, 3.63) is 40.3 Å². The molecular weight excluding hydrogens is 330 g/mol. The Hall–Kier alpha value is -1.66. The maximum Gasteiger partial charge on any atom is 0.266 e. The fourth-order valence-electron chi connectivity index (χ4n) is 2.22. The van der Waals surface area contributed by atoms with Crippen LogP contribution in [0.5, 0.6) is 0 Å². The molecular formula is C17H18NO3S2-. The van der Waals surface area contributed by atoms with Crippen LogP contribution in [0.3, 0.4) is 0 Å². The number of aliphatic carboxylic acids is 1. The van der Waals surface area contributed by atoms with Crippen molar-refractivity contribution in [2.24, 2.45) is 0 Å². The average Bonchev–Trinajstić information content (AvgIpc) is 2.76. The maximum absolute atomic E-state index is 12.4. The minimum Gasteiger partial charge on any atom is -0.550 e. The highest BCUT2D eigenvalue weighted by Crippen LogP contribution is 2.32. The first-order valence-corrected chi connectivity index (χ1v) is 8.72. The number of carboxylic acid groups (broad SMARTS) is 1. The number of benzene rings is 1. The number of thiocarbonyl (C=S) groups is 1. The zero-order chi connectivity index (χ0) is 16.8. The van der Waals surface area contributed by atoms with Crippen molar-refractivity contribution in [2.45, 2.75) is 32.6 Å². The van der Waals surface area contributed by atoms with Crippen LogP contribution in [0, 0.1) is 6.92 Å². The second-order valence-corrected chi connectivity index (χ2v) is 7.10. The summed E-state index contributed by atoms with van der Waals surface area (Å²) in [6.07, 6.45) is 3.95. The van der Waals surface area contributed by atoms with E-state index in [4.69, 9.17) is 12.2 Å². The Morgan fingerprint density at radius 2 is 1.96 bits per heavy atom. The summed E-state index contributed by atoms with van der Waals surface area (Å²) >= 11 is 6.59. The van der Waals surface area contributed by atoms with Gasteiger partial charge in [-0.05, 0) is 37.8 Å². The van der Waals surface area contributed by atoms with Crippen molar-refractivity contribution >= 4 is 46.3 Å². The molecule has 1 saturated heterocycles. The topological polar surface area (TPSA) is 60.4 Å². The van der Waals surface area contributed by atoms with Crippen LogP contribution >= 0.6 is 24.0 Å². The SMILES string of the molecule is Cc1ccc(C=C2SC(=S)N(CCCCCC(=O)[O-])C2=O)cc1. The standard InChI is InChI=1S/C17H19NO3S2/c1-12-6-8-13(9-7-12)11-14-16(21)18(17(22)23-14)10-4-2-3-5-15(19)20/h6-9,11H,2-5,10H2,1H3,(H,19,20)/p-1. The molecule has 2 rings (SSSR count). The molecule has 1 aromatic carbocycles. The van der Waals surface area contributed by atoms with Crippen LogP contribution in [0.1, 0.15) is 36.8 Å². The van der Waals surface area contributed by atoms with E-state index in [1.807, 2.05) is 37.3 Å². The number of hydrogen-bond donors (Lipinski definition) is 0. The van der Waals surface area contributed by atoms with E-state index in [-0.39, 0.29) is 12.3 Å². The van der Waals surface area contributed by atoms with Gasteiger partial charge in [0.2, 0.25) is 0 Å². The van der Waals surface area contributed by atoms with E-state index < -0.39 is 5.97 Å². The van der Waals surface area contributed by atoms with Gasteiger partial charge in [-0.15, -0.1) is 0 Å². The van der Waals surface area contributed by atoms with Gasteiger partial charge in [0, 0.05) is 12.5 Å². The second-order valence-electron chi connectivity index (χ2n) is 5.43. The summed E-state index contributed by atoms with van der Waals surface area (Å²) < 4.78 is 0.563. The lowest BCUT2D eigenvalue weighted by atomic mass is 10.1. The molecule has 1 aromatic rings. The van der Waals surface area contributed by atoms with Crippen LogP contribution in [0.4, 0.5) is 0 Å². The number of hydrogen-bond acceptors (Lipinski definition) is 5. The van der Waals surface area contributed by atoms with Crippen molar-refractivity contribution < 1.29 is 14.7 Å². The molecule has 1 aliphatic rings. The summed E-state index contributed by atoms with van der Waals surface area (Å²) in [4.78, 5) is 25.0. The van der Waals surface area contributed by atoms with Gasteiger partial charge >= 0.3 is 0 Å². The molecule has 1 heterocycles. The van der Waals surface area contributed by atoms with Gasteiger partial charge in [0.1, 0.15) is 4.32 Å². The molecule has 23 heavy (non-hydrogen) atoms. The first kappa shape index (κ1) is 17.7. The van der Waals surface area contributed by atoms with Crippen molar-refractivity contribution in [3.63, 3.8) is 0 Å². The second kappa shape index (κ2) is 8.26. The first-order valence-electron chi connectivity index (χ1n) is 7.49. The third kappa shape index (κ3) is 5.18. The van der Waals surface area contributed by atoms with Gasteiger partial charge in [0.25, 0.3) is 5.91 Å². The van der Waals surface area contributed by atoms with Crippen molar-refractivity contribution in [2.75, 3.05) is 6.54 Å². The van der Waals surface area contributed by atoms with Crippen LogP contribution < -0.4 is 5.11 Å². The number of rotatable bonds is 7. The van der Waals surface area contributed by atoms with Crippen LogP contribution in [0.15, 0.2) is 29.2 Å². The number of nitrogens with zero attached hydrogens (tertiary/aromatic N) is 1. The number of unbranched alkanes of at least 4 members (excludes halogenated alkanes) is 2. The predicted octanol–water partition coefficient (Wildman–Crippen LogP) is 2.51. The fourth-order valence-corrected chi connectivity index (χ4v) is 3.53. The van der Waals surface area contributed by atoms with Gasteiger partial charge in [0.15, 0.2) is 0 Å². The van der Waals surface area contributed by atoms with Gasteiger partial charge in [0.05, 0.1) is 4.91 Å². The molecule has 122 valence electrons. The fraction of sp³-hybridized carbons (Fsp3) is 0.353. The van der Waals surface area contributed by atoms with Crippen molar-refractivity contribution in [1.82, 2.24) is 4.90 Å². The van der Waals surface area contributed by atoms with E-state index in [2.05, 4.69) is 0 Å². The Kier molecular flexibility index (Phi) is 6.36. The Balaban J connectivity index is 1.91. The summed E-state index contributed by atoms with van der Waals surface area (Å²) in [7, 11) is 0. The lowest BCUT2D eigenvalue weighted by Gasteiger charge is -2.14. The van der Waals surface area contributed by atoms with E-state index in [9.17, 15) is 14.7 Å². The normalized spacial score (nSPS) is 16.4. The lowest BCUT2D eigenvalue weighted by Crippen LogP contribution is -2.29. The number of carboxylic acids is 1. The van der Waals surface area contributed by atoms with E-state index >= 15 is 0 Å². The van der Waals surface area contributed by atoms with E-state index in [1.54, 1.807) is 4.90 Å². The quantitative estimate of drug-likeness (QED) is 0.430. The zero-order valence-electron chi connectivity index (χ0n) is 12.9. The summed E-state index contributed by atoms with van der Waals surface area (Å²) in [6.45, 7) is 2.55. The Morgan fingerprint density at radius 1 is 1.26 bits per heavy atom. The molecule has 0 bridgehead atoms. The smallest absolute Gasteiger partial charge is 0.266 e. The predicted molar refractivity (Wildman–Crippen MR) is 94.5 cm³/mol. The molecule has 1 fully saturated rings. The van der Waals surface area contributed by atoms with Crippen LogP contribution in [0.25, 0.3) is 6.08 Å².